The number of fused-ring (bicyclic) bond motifs is 1. The van der Waals surface area contributed by atoms with Gasteiger partial charge in [0.2, 0.25) is 5.91 Å². The molecule has 2 aromatic carbocycles. The monoisotopic (exact) mass is 495 g/mol. The van der Waals surface area contributed by atoms with Crippen molar-refractivity contribution in [1.82, 2.24) is 14.5 Å². The minimum Gasteiger partial charge on any atom is -0.333 e. The van der Waals surface area contributed by atoms with Crippen LogP contribution in [0.15, 0.2) is 53.3 Å². The predicted molar refractivity (Wildman–Crippen MR) is 146 cm³/mol. The van der Waals surface area contributed by atoms with Gasteiger partial charge in [-0.05, 0) is 55.5 Å². The van der Waals surface area contributed by atoms with E-state index in [9.17, 15) is 9.59 Å². The van der Waals surface area contributed by atoms with Crippen molar-refractivity contribution in [3.8, 4) is 5.69 Å². The van der Waals surface area contributed by atoms with E-state index in [0.29, 0.717) is 48.4 Å². The van der Waals surface area contributed by atoms with Crippen molar-refractivity contribution in [2.75, 3.05) is 12.4 Å². The molecule has 5 nitrogen and oxygen atoms in total. The zero-order valence-corrected chi connectivity index (χ0v) is 22.1. The summed E-state index contributed by atoms with van der Waals surface area (Å²) >= 11 is 5.91. The van der Waals surface area contributed by atoms with Gasteiger partial charge in [-0.1, -0.05) is 64.3 Å². The third kappa shape index (κ3) is 6.52. The second-order valence-corrected chi connectivity index (χ2v) is 9.39. The Morgan fingerprint density at radius 3 is 2.40 bits per heavy atom. The number of aryl methyl sites for hydroxylation is 1. The third-order valence-electron chi connectivity index (χ3n) is 6.56. The summed E-state index contributed by atoms with van der Waals surface area (Å²) in [5.41, 5.74) is 2.54. The van der Waals surface area contributed by atoms with Crippen molar-refractivity contribution in [2.45, 2.75) is 78.2 Å². The summed E-state index contributed by atoms with van der Waals surface area (Å²) in [6.07, 6.45) is 6.91. The molecule has 1 atom stereocenters. The Hall–Kier alpha value is -2.66. The lowest BCUT2D eigenvalue weighted by molar-refractivity contribution is -0.134. The van der Waals surface area contributed by atoms with Crippen molar-refractivity contribution in [2.24, 2.45) is 0 Å². The van der Waals surface area contributed by atoms with Gasteiger partial charge in [0.25, 0.3) is 5.56 Å². The normalized spacial score (nSPS) is 12.1. The number of unbranched alkanes of at least 4 members (excludes halogenated alkanes) is 3. The minimum absolute atomic E-state index is 0.0734. The molecule has 1 aromatic heterocycles. The molecule has 1 unspecified atom stereocenters. The maximum absolute atomic E-state index is 13.8. The van der Waals surface area contributed by atoms with Crippen LogP contribution < -0.4 is 5.56 Å². The first-order valence-electron chi connectivity index (χ1n) is 13.0. The molecule has 0 radical (unpaired) electrons. The van der Waals surface area contributed by atoms with E-state index in [-0.39, 0.29) is 17.5 Å². The van der Waals surface area contributed by atoms with Crippen molar-refractivity contribution in [1.29, 1.82) is 0 Å². The second kappa shape index (κ2) is 13.4. The molecule has 0 saturated heterocycles. The van der Waals surface area contributed by atoms with Crippen molar-refractivity contribution < 1.29 is 4.79 Å². The van der Waals surface area contributed by atoms with Gasteiger partial charge in [0, 0.05) is 18.8 Å². The molecule has 0 N–H and O–H groups in total. The summed E-state index contributed by atoms with van der Waals surface area (Å²) in [7, 11) is 0. The number of benzene rings is 2. The summed E-state index contributed by atoms with van der Waals surface area (Å²) in [6.45, 7) is 7.00. The van der Waals surface area contributed by atoms with Crippen LogP contribution in [-0.2, 0) is 11.2 Å². The lowest BCUT2D eigenvalue weighted by atomic mass is 10.1. The number of nitrogens with zero attached hydrogens (tertiary/aromatic N) is 3. The van der Waals surface area contributed by atoms with Gasteiger partial charge in [0.1, 0.15) is 5.82 Å². The summed E-state index contributed by atoms with van der Waals surface area (Å²) in [5.74, 6) is 1.15. The van der Waals surface area contributed by atoms with E-state index in [1.165, 1.54) is 5.56 Å². The van der Waals surface area contributed by atoms with Crippen molar-refractivity contribution in [3.63, 3.8) is 0 Å². The van der Waals surface area contributed by atoms with Crippen LogP contribution in [0.3, 0.4) is 0 Å². The van der Waals surface area contributed by atoms with Crippen molar-refractivity contribution in [3.05, 3.63) is 70.3 Å². The summed E-state index contributed by atoms with van der Waals surface area (Å²) < 4.78 is 1.71. The largest absolute Gasteiger partial charge is 0.333 e. The number of aromatic nitrogens is 2. The van der Waals surface area contributed by atoms with E-state index in [1.54, 1.807) is 4.57 Å². The third-order valence-corrected chi connectivity index (χ3v) is 6.83. The standard InChI is InChI=1S/C29H38ClN3O2/c1-4-7-8-11-21-32(27(34)15-12-20-30)26(6-3)28-31-25-14-10-9-13-24(25)29(35)33(28)23-18-16-22(5-2)17-19-23/h9-10,13-14,16-19,26H,4-8,11-12,15,20-21H2,1-3H3. The molecule has 6 heteroatoms. The van der Waals surface area contributed by atoms with Gasteiger partial charge in [-0.2, -0.15) is 0 Å². The Labute approximate surface area is 214 Å². The van der Waals surface area contributed by atoms with E-state index in [1.807, 2.05) is 41.3 Å². The molecule has 188 valence electrons. The van der Waals surface area contributed by atoms with Crippen LogP contribution >= 0.6 is 11.6 Å². The maximum Gasteiger partial charge on any atom is 0.266 e. The fourth-order valence-electron chi connectivity index (χ4n) is 4.57. The summed E-state index contributed by atoms with van der Waals surface area (Å²) in [6, 6.07) is 15.2. The number of carbonyl (C=O) groups excluding carboxylic acids is 1. The highest BCUT2D eigenvalue weighted by molar-refractivity contribution is 6.17. The van der Waals surface area contributed by atoms with Gasteiger partial charge in [0.05, 0.1) is 22.6 Å². The average Bonchev–Trinajstić information content (AvgIpc) is 2.89. The fraction of sp³-hybridized carbons (Fsp3) is 0.483. The number of hydrogen-bond acceptors (Lipinski definition) is 3. The highest BCUT2D eigenvalue weighted by Crippen LogP contribution is 2.27. The predicted octanol–water partition coefficient (Wildman–Crippen LogP) is 6.83. The van der Waals surface area contributed by atoms with E-state index in [4.69, 9.17) is 16.6 Å². The molecule has 1 amide bonds. The molecular formula is C29H38ClN3O2. The summed E-state index contributed by atoms with van der Waals surface area (Å²) in [5, 5.41) is 0.577. The first-order valence-corrected chi connectivity index (χ1v) is 13.6. The highest BCUT2D eigenvalue weighted by Gasteiger charge is 2.28. The van der Waals surface area contributed by atoms with Crippen LogP contribution in [0, 0.1) is 0 Å². The van der Waals surface area contributed by atoms with Gasteiger partial charge >= 0.3 is 0 Å². The number of carbonyl (C=O) groups is 1. The number of rotatable bonds is 13. The Balaban J connectivity index is 2.16. The maximum atomic E-state index is 13.8. The lowest BCUT2D eigenvalue weighted by Gasteiger charge is -2.32. The van der Waals surface area contributed by atoms with Crippen LogP contribution in [0.25, 0.3) is 16.6 Å². The molecule has 1 heterocycles. The SMILES string of the molecule is CCCCCCN(C(=O)CCCCl)C(CC)c1nc2ccccc2c(=O)n1-c1ccc(CC)cc1. The van der Waals surface area contributed by atoms with Gasteiger partial charge in [0.15, 0.2) is 0 Å². The minimum atomic E-state index is -0.303. The van der Waals surface area contributed by atoms with Gasteiger partial charge in [-0.15, -0.1) is 11.6 Å². The Morgan fingerprint density at radius 2 is 1.74 bits per heavy atom. The van der Waals surface area contributed by atoms with Crippen LogP contribution in [0.4, 0.5) is 0 Å². The molecule has 0 saturated carbocycles. The molecule has 0 bridgehead atoms. The van der Waals surface area contributed by atoms with Gasteiger partial charge in [-0.3, -0.25) is 14.2 Å². The molecule has 35 heavy (non-hydrogen) atoms. The van der Waals surface area contributed by atoms with Crippen LogP contribution in [0.2, 0.25) is 0 Å². The molecule has 0 aliphatic rings. The molecule has 0 aliphatic carbocycles. The topological polar surface area (TPSA) is 55.2 Å². The molecule has 0 spiro atoms. The second-order valence-electron chi connectivity index (χ2n) is 9.01. The zero-order chi connectivity index (χ0) is 25.2. The fourth-order valence-corrected chi connectivity index (χ4v) is 4.70. The van der Waals surface area contributed by atoms with E-state index < -0.39 is 0 Å². The Bertz CT molecular complexity index is 1160. The van der Waals surface area contributed by atoms with Gasteiger partial charge in [-0.25, -0.2) is 4.98 Å². The van der Waals surface area contributed by atoms with E-state index >= 15 is 0 Å². The number of para-hydroxylation sites is 1. The van der Waals surface area contributed by atoms with Crippen LogP contribution in [0.5, 0.6) is 0 Å². The molecule has 0 fully saturated rings. The Kier molecular flexibility index (Phi) is 10.3. The Morgan fingerprint density at radius 1 is 1.00 bits per heavy atom. The van der Waals surface area contributed by atoms with E-state index in [0.717, 1.165) is 37.8 Å². The van der Waals surface area contributed by atoms with Gasteiger partial charge < -0.3 is 4.90 Å². The lowest BCUT2D eigenvalue weighted by Crippen LogP contribution is -2.39. The van der Waals surface area contributed by atoms with Crippen LogP contribution in [-0.4, -0.2) is 32.8 Å². The molecule has 0 aliphatic heterocycles. The molecule has 3 aromatic rings. The summed E-state index contributed by atoms with van der Waals surface area (Å²) in [4.78, 5) is 34.1. The number of hydrogen-bond donors (Lipinski definition) is 0. The first kappa shape index (κ1) is 26.9. The zero-order valence-electron chi connectivity index (χ0n) is 21.3. The molecular weight excluding hydrogens is 458 g/mol. The highest BCUT2D eigenvalue weighted by atomic mass is 35.5. The van der Waals surface area contributed by atoms with Crippen LogP contribution in [0.1, 0.15) is 83.1 Å². The first-order chi connectivity index (χ1) is 17.0. The molecule has 3 rings (SSSR count). The number of alkyl halides is 1. The smallest absolute Gasteiger partial charge is 0.266 e. The average molecular weight is 496 g/mol. The van der Waals surface area contributed by atoms with E-state index in [2.05, 4.69) is 32.9 Å². The van der Waals surface area contributed by atoms with Crippen molar-refractivity contribution >= 4 is 28.4 Å². The number of halogens is 1. The quantitative estimate of drug-likeness (QED) is 0.193. The number of amides is 1.